The van der Waals surface area contributed by atoms with Crippen LogP contribution in [0.3, 0.4) is 0 Å². The van der Waals surface area contributed by atoms with Gasteiger partial charge >= 0.3 is 12.1 Å². The number of halogens is 4. The van der Waals surface area contributed by atoms with Crippen LogP contribution in [0.25, 0.3) is 0 Å². The highest BCUT2D eigenvalue weighted by atomic mass is 19.4. The van der Waals surface area contributed by atoms with Crippen LogP contribution in [-0.4, -0.2) is 35.7 Å². The summed E-state index contributed by atoms with van der Waals surface area (Å²) in [6.07, 6.45) is -5.73. The monoisotopic (exact) mass is 213 g/mol. The molecule has 1 heterocycles. The fourth-order valence-corrected chi connectivity index (χ4v) is 1.51. The van der Waals surface area contributed by atoms with Crippen molar-refractivity contribution < 1.29 is 22.4 Å². The van der Waals surface area contributed by atoms with Crippen molar-refractivity contribution in [2.45, 2.75) is 38.2 Å². The minimum Gasteiger partial charge on any atom is -0.329 e. The zero-order valence-electron chi connectivity index (χ0n) is 7.64. The summed E-state index contributed by atoms with van der Waals surface area (Å²) >= 11 is 0. The Labute approximate surface area is 78.9 Å². The first kappa shape index (κ1) is 11.3. The van der Waals surface area contributed by atoms with Crippen LogP contribution < -0.4 is 0 Å². The van der Waals surface area contributed by atoms with Crippen molar-refractivity contribution in [3.63, 3.8) is 0 Å². The van der Waals surface area contributed by atoms with Crippen LogP contribution in [0.4, 0.5) is 17.6 Å². The highest BCUT2D eigenvalue weighted by molar-refractivity contribution is 5.82. The van der Waals surface area contributed by atoms with Gasteiger partial charge in [0.2, 0.25) is 0 Å². The topological polar surface area (TPSA) is 20.3 Å². The van der Waals surface area contributed by atoms with Crippen LogP contribution in [0.2, 0.25) is 0 Å². The van der Waals surface area contributed by atoms with E-state index in [1.54, 1.807) is 0 Å². The zero-order valence-corrected chi connectivity index (χ0v) is 7.64. The molecule has 2 unspecified atom stereocenters. The number of carbonyl (C=O) groups excluding carboxylic acids is 1. The van der Waals surface area contributed by atoms with E-state index in [-0.39, 0.29) is 12.8 Å². The molecule has 0 N–H and O–H groups in total. The number of nitrogens with zero attached hydrogens (tertiary/aromatic N) is 1. The first-order chi connectivity index (χ1) is 6.32. The van der Waals surface area contributed by atoms with Crippen molar-refractivity contribution in [1.82, 2.24) is 4.90 Å². The number of piperidine rings is 1. The van der Waals surface area contributed by atoms with Gasteiger partial charge in [-0.2, -0.15) is 13.2 Å². The molecule has 0 spiro atoms. The number of hydrogen-bond acceptors (Lipinski definition) is 1. The number of alkyl halides is 4. The maximum Gasteiger partial charge on any atom is 0.471 e. The first-order valence-electron chi connectivity index (χ1n) is 4.34. The van der Waals surface area contributed by atoms with Gasteiger partial charge in [-0.25, -0.2) is 4.39 Å². The molecule has 0 aromatic carbocycles. The maximum absolute atomic E-state index is 12.8. The number of carbonyl (C=O) groups is 1. The molecule has 0 radical (unpaired) electrons. The van der Waals surface area contributed by atoms with Crippen LogP contribution in [0.15, 0.2) is 0 Å². The van der Waals surface area contributed by atoms with Crippen LogP contribution in [0, 0.1) is 0 Å². The Morgan fingerprint density at radius 2 is 1.93 bits per heavy atom. The minimum atomic E-state index is -4.90. The Morgan fingerprint density at radius 3 is 2.43 bits per heavy atom. The van der Waals surface area contributed by atoms with E-state index in [0.29, 0.717) is 4.90 Å². The summed E-state index contributed by atoms with van der Waals surface area (Å²) < 4.78 is 48.9. The number of hydrogen-bond donors (Lipinski definition) is 0. The van der Waals surface area contributed by atoms with Crippen LogP contribution >= 0.6 is 0 Å². The second kappa shape index (κ2) is 3.74. The summed E-state index contributed by atoms with van der Waals surface area (Å²) in [6, 6.07) is -0.531. The van der Waals surface area contributed by atoms with Gasteiger partial charge in [0.25, 0.3) is 0 Å². The largest absolute Gasteiger partial charge is 0.471 e. The van der Waals surface area contributed by atoms with E-state index in [2.05, 4.69) is 0 Å². The lowest BCUT2D eigenvalue weighted by molar-refractivity contribution is -0.189. The predicted molar refractivity (Wildman–Crippen MR) is 41.4 cm³/mol. The van der Waals surface area contributed by atoms with E-state index in [1.165, 1.54) is 6.92 Å². The van der Waals surface area contributed by atoms with Gasteiger partial charge < -0.3 is 4.90 Å². The lowest BCUT2D eigenvalue weighted by Crippen LogP contribution is -2.51. The molecule has 1 saturated heterocycles. The summed E-state index contributed by atoms with van der Waals surface area (Å²) in [6.45, 7) is 1.05. The third-order valence-electron chi connectivity index (χ3n) is 2.33. The third kappa shape index (κ3) is 2.36. The van der Waals surface area contributed by atoms with Gasteiger partial charge in [-0.15, -0.1) is 0 Å². The lowest BCUT2D eigenvalue weighted by atomic mass is 10.0. The molecular weight excluding hydrogens is 202 g/mol. The van der Waals surface area contributed by atoms with E-state index in [4.69, 9.17) is 0 Å². The van der Waals surface area contributed by atoms with Gasteiger partial charge in [0.15, 0.2) is 0 Å². The number of likely N-dealkylation sites (tertiary alicyclic amines) is 1. The quantitative estimate of drug-likeness (QED) is 0.563. The average Bonchev–Trinajstić information content (AvgIpc) is 2.06. The molecule has 1 aliphatic heterocycles. The Balaban J connectivity index is 2.70. The summed E-state index contributed by atoms with van der Waals surface area (Å²) in [4.78, 5) is 11.4. The molecule has 0 aromatic rings. The molecule has 82 valence electrons. The van der Waals surface area contributed by atoms with Crippen molar-refractivity contribution in [3.8, 4) is 0 Å². The standard InChI is InChI=1S/C8H11F4NO/c1-5-2-3-6(9)4-13(5)7(14)8(10,11)12/h5-6H,2-4H2,1H3. The molecule has 1 fully saturated rings. The highest BCUT2D eigenvalue weighted by Crippen LogP contribution is 2.25. The van der Waals surface area contributed by atoms with E-state index in [1.807, 2.05) is 0 Å². The Morgan fingerprint density at radius 1 is 1.36 bits per heavy atom. The van der Waals surface area contributed by atoms with Crippen molar-refractivity contribution in [2.24, 2.45) is 0 Å². The zero-order chi connectivity index (χ0) is 10.9. The number of rotatable bonds is 0. The van der Waals surface area contributed by atoms with Crippen molar-refractivity contribution >= 4 is 5.91 Å². The van der Waals surface area contributed by atoms with E-state index in [9.17, 15) is 22.4 Å². The average molecular weight is 213 g/mol. The Bertz CT molecular complexity index is 228. The predicted octanol–water partition coefficient (Wildman–Crippen LogP) is 1.90. The van der Waals surface area contributed by atoms with Crippen LogP contribution in [-0.2, 0) is 4.79 Å². The molecule has 1 amide bonds. The SMILES string of the molecule is CC1CCC(F)CN1C(=O)C(F)(F)F. The van der Waals surface area contributed by atoms with Crippen LogP contribution in [0.5, 0.6) is 0 Å². The van der Waals surface area contributed by atoms with Gasteiger partial charge in [0.05, 0.1) is 6.54 Å². The van der Waals surface area contributed by atoms with Gasteiger partial charge in [0, 0.05) is 6.04 Å². The molecular formula is C8H11F4NO. The molecule has 6 heteroatoms. The maximum atomic E-state index is 12.8. The smallest absolute Gasteiger partial charge is 0.329 e. The van der Waals surface area contributed by atoms with Crippen molar-refractivity contribution in [2.75, 3.05) is 6.54 Å². The molecule has 14 heavy (non-hydrogen) atoms. The minimum absolute atomic E-state index is 0.225. The molecule has 0 aromatic heterocycles. The molecule has 0 bridgehead atoms. The van der Waals surface area contributed by atoms with Gasteiger partial charge in [-0.3, -0.25) is 4.79 Å². The molecule has 2 atom stereocenters. The first-order valence-corrected chi connectivity index (χ1v) is 4.34. The van der Waals surface area contributed by atoms with E-state index in [0.717, 1.165) is 0 Å². The normalized spacial score (nSPS) is 29.1. The fourth-order valence-electron chi connectivity index (χ4n) is 1.51. The fraction of sp³-hybridized carbons (Fsp3) is 0.875. The van der Waals surface area contributed by atoms with E-state index < -0.39 is 30.8 Å². The Kier molecular flexibility index (Phi) is 3.01. The third-order valence-corrected chi connectivity index (χ3v) is 2.33. The van der Waals surface area contributed by atoms with Crippen molar-refractivity contribution in [3.05, 3.63) is 0 Å². The lowest BCUT2D eigenvalue weighted by Gasteiger charge is -2.35. The van der Waals surface area contributed by atoms with E-state index >= 15 is 0 Å². The molecule has 0 aliphatic carbocycles. The van der Waals surface area contributed by atoms with Gasteiger partial charge in [0.1, 0.15) is 6.17 Å². The van der Waals surface area contributed by atoms with Gasteiger partial charge in [-0.05, 0) is 19.8 Å². The highest BCUT2D eigenvalue weighted by Gasteiger charge is 2.45. The summed E-state index contributed by atoms with van der Waals surface area (Å²) in [7, 11) is 0. The van der Waals surface area contributed by atoms with Crippen LogP contribution in [0.1, 0.15) is 19.8 Å². The summed E-state index contributed by atoms with van der Waals surface area (Å²) in [5.41, 5.74) is 0. The summed E-state index contributed by atoms with van der Waals surface area (Å²) in [5.74, 6) is -1.94. The molecule has 1 aliphatic rings. The number of amides is 1. The second-order valence-corrected chi connectivity index (χ2v) is 3.48. The Hall–Kier alpha value is -0.810. The molecule has 0 saturated carbocycles. The summed E-state index contributed by atoms with van der Waals surface area (Å²) in [5, 5.41) is 0. The van der Waals surface area contributed by atoms with Gasteiger partial charge in [-0.1, -0.05) is 0 Å². The van der Waals surface area contributed by atoms with Crippen molar-refractivity contribution in [1.29, 1.82) is 0 Å². The molecule has 1 rings (SSSR count). The second-order valence-electron chi connectivity index (χ2n) is 3.48. The molecule has 2 nitrogen and oxygen atoms in total.